The lowest BCUT2D eigenvalue weighted by atomic mass is 10.3. The second kappa shape index (κ2) is 6.14. The first-order valence-electron chi connectivity index (χ1n) is 4.50. The van der Waals surface area contributed by atoms with Gasteiger partial charge < -0.3 is 10.4 Å². The lowest BCUT2D eigenvalue weighted by Crippen LogP contribution is -2.14. The van der Waals surface area contributed by atoms with Crippen LogP contribution in [0.3, 0.4) is 0 Å². The largest absolute Gasteiger partial charge is 0.506 e. The van der Waals surface area contributed by atoms with E-state index in [9.17, 15) is 9.90 Å². The summed E-state index contributed by atoms with van der Waals surface area (Å²) in [6, 6.07) is 6.65. The number of phenolic OH excluding ortho intramolecular Hbond substituents is 1. The molecule has 0 bridgehead atoms. The highest BCUT2D eigenvalue weighted by molar-refractivity contribution is 8.00. The van der Waals surface area contributed by atoms with Crippen molar-refractivity contribution in [1.29, 1.82) is 0 Å². The average molecular weight is 223 g/mol. The minimum Gasteiger partial charge on any atom is -0.506 e. The highest BCUT2D eigenvalue weighted by atomic mass is 32.2. The van der Waals surface area contributed by atoms with Crippen molar-refractivity contribution in [2.24, 2.45) is 0 Å². The smallest absolute Gasteiger partial charge is 0.234 e. The molecule has 0 heterocycles. The van der Waals surface area contributed by atoms with Gasteiger partial charge in [-0.2, -0.15) is 0 Å². The minimum atomic E-state index is -0.122. The average Bonchev–Trinajstić information content (AvgIpc) is 2.22. The molecular weight excluding hydrogens is 210 g/mol. The molecule has 15 heavy (non-hydrogen) atoms. The molecule has 0 saturated carbocycles. The Morgan fingerprint density at radius 2 is 2.27 bits per heavy atom. The third kappa shape index (κ3) is 4.08. The van der Waals surface area contributed by atoms with Gasteiger partial charge in [0.25, 0.3) is 0 Å². The van der Waals surface area contributed by atoms with Crippen molar-refractivity contribution in [2.75, 3.05) is 16.8 Å². The van der Waals surface area contributed by atoms with Crippen LogP contribution in [0.2, 0.25) is 0 Å². The molecule has 2 N–H and O–H groups in total. The summed E-state index contributed by atoms with van der Waals surface area (Å²) in [7, 11) is 0. The predicted molar refractivity (Wildman–Crippen MR) is 64.3 cm³/mol. The molecule has 0 aromatic heterocycles. The van der Waals surface area contributed by atoms with E-state index in [1.165, 1.54) is 17.8 Å². The van der Waals surface area contributed by atoms with Crippen LogP contribution in [0.4, 0.5) is 5.69 Å². The fourth-order valence-electron chi connectivity index (χ4n) is 1.00. The fraction of sp³-hybridized carbons (Fsp3) is 0.182. The van der Waals surface area contributed by atoms with E-state index in [4.69, 9.17) is 0 Å². The molecule has 0 fully saturated rings. The number of phenols is 1. The molecule has 1 aromatic rings. The van der Waals surface area contributed by atoms with E-state index in [2.05, 4.69) is 11.9 Å². The number of carbonyl (C=O) groups is 1. The van der Waals surface area contributed by atoms with Gasteiger partial charge >= 0.3 is 0 Å². The molecule has 1 amide bonds. The molecule has 80 valence electrons. The van der Waals surface area contributed by atoms with Crippen molar-refractivity contribution in [2.45, 2.75) is 0 Å². The molecule has 0 unspecified atom stereocenters. The molecule has 0 saturated heterocycles. The Hall–Kier alpha value is -1.42. The van der Waals surface area contributed by atoms with Crippen molar-refractivity contribution >= 4 is 23.4 Å². The van der Waals surface area contributed by atoms with E-state index in [-0.39, 0.29) is 11.7 Å². The number of anilines is 1. The van der Waals surface area contributed by atoms with E-state index in [0.717, 1.165) is 5.75 Å². The summed E-state index contributed by atoms with van der Waals surface area (Å²) in [4.78, 5) is 11.4. The predicted octanol–water partition coefficient (Wildman–Crippen LogP) is 2.25. The molecule has 0 aliphatic rings. The molecule has 0 spiro atoms. The summed E-state index contributed by atoms with van der Waals surface area (Å²) in [6.07, 6.45) is 1.75. The third-order valence-electron chi connectivity index (χ3n) is 1.65. The second-order valence-corrected chi connectivity index (χ2v) is 3.90. The molecule has 1 rings (SSSR count). The van der Waals surface area contributed by atoms with Crippen LogP contribution in [0.5, 0.6) is 5.75 Å². The summed E-state index contributed by atoms with van der Waals surface area (Å²) >= 11 is 1.47. The quantitative estimate of drug-likeness (QED) is 0.457. The van der Waals surface area contributed by atoms with Gasteiger partial charge in [-0.25, -0.2) is 0 Å². The lowest BCUT2D eigenvalue weighted by molar-refractivity contribution is -0.113. The number of carbonyl (C=O) groups excluding carboxylic acids is 1. The van der Waals surface area contributed by atoms with Gasteiger partial charge in [0.2, 0.25) is 5.91 Å². The summed E-state index contributed by atoms with van der Waals surface area (Å²) in [6.45, 7) is 3.56. The number of rotatable bonds is 5. The van der Waals surface area contributed by atoms with E-state index >= 15 is 0 Å². The van der Waals surface area contributed by atoms with Crippen molar-refractivity contribution in [3.63, 3.8) is 0 Å². The van der Waals surface area contributed by atoms with Crippen LogP contribution in [0.25, 0.3) is 0 Å². The summed E-state index contributed by atoms with van der Waals surface area (Å²) < 4.78 is 0. The first-order valence-corrected chi connectivity index (χ1v) is 5.66. The van der Waals surface area contributed by atoms with Gasteiger partial charge in [0, 0.05) is 5.75 Å². The Labute approximate surface area is 93.2 Å². The van der Waals surface area contributed by atoms with Gasteiger partial charge in [-0.3, -0.25) is 4.79 Å². The first-order chi connectivity index (χ1) is 7.24. The number of benzene rings is 1. The van der Waals surface area contributed by atoms with Crippen LogP contribution in [0, 0.1) is 0 Å². The first kappa shape index (κ1) is 11.7. The maximum atomic E-state index is 11.4. The number of hydrogen-bond acceptors (Lipinski definition) is 3. The standard InChI is InChI=1S/C11H13NO2S/c1-2-7-15-8-11(14)12-9-5-3-4-6-10(9)13/h2-6,13H,1,7-8H2,(H,12,14). The molecule has 0 aliphatic heterocycles. The third-order valence-corrected chi connectivity index (χ3v) is 2.58. The zero-order chi connectivity index (χ0) is 11.1. The number of hydrogen-bond donors (Lipinski definition) is 2. The molecule has 4 heteroatoms. The Morgan fingerprint density at radius 1 is 1.53 bits per heavy atom. The molecule has 0 aliphatic carbocycles. The Morgan fingerprint density at radius 3 is 2.93 bits per heavy atom. The van der Waals surface area contributed by atoms with Gasteiger partial charge in [-0.05, 0) is 12.1 Å². The summed E-state index contributed by atoms with van der Waals surface area (Å²) in [5.41, 5.74) is 0.446. The van der Waals surface area contributed by atoms with Gasteiger partial charge in [0.1, 0.15) is 5.75 Å². The normalized spacial score (nSPS) is 9.60. The second-order valence-electron chi connectivity index (χ2n) is 2.87. The Balaban J connectivity index is 2.44. The van der Waals surface area contributed by atoms with Crippen LogP contribution in [-0.4, -0.2) is 22.5 Å². The SMILES string of the molecule is C=CCSCC(=O)Nc1ccccc1O. The molecule has 1 aromatic carbocycles. The number of thioether (sulfide) groups is 1. The molecule has 3 nitrogen and oxygen atoms in total. The van der Waals surface area contributed by atoms with E-state index in [1.807, 2.05) is 0 Å². The van der Waals surface area contributed by atoms with Crippen molar-refractivity contribution in [3.8, 4) is 5.75 Å². The lowest BCUT2D eigenvalue weighted by Gasteiger charge is -2.05. The van der Waals surface area contributed by atoms with Crippen LogP contribution in [-0.2, 0) is 4.79 Å². The zero-order valence-electron chi connectivity index (χ0n) is 8.27. The minimum absolute atomic E-state index is 0.0829. The van der Waals surface area contributed by atoms with Gasteiger partial charge in [-0.1, -0.05) is 18.2 Å². The highest BCUT2D eigenvalue weighted by Crippen LogP contribution is 2.21. The van der Waals surface area contributed by atoms with Crippen molar-refractivity contribution in [3.05, 3.63) is 36.9 Å². The zero-order valence-corrected chi connectivity index (χ0v) is 9.09. The van der Waals surface area contributed by atoms with E-state index in [0.29, 0.717) is 11.4 Å². The van der Waals surface area contributed by atoms with Gasteiger partial charge in [0.05, 0.1) is 11.4 Å². The fourth-order valence-corrected chi connectivity index (χ4v) is 1.54. The molecule has 0 radical (unpaired) electrons. The number of para-hydroxylation sites is 2. The number of aromatic hydroxyl groups is 1. The Bertz CT molecular complexity index is 352. The van der Waals surface area contributed by atoms with E-state index < -0.39 is 0 Å². The number of amides is 1. The van der Waals surface area contributed by atoms with Crippen LogP contribution in [0.1, 0.15) is 0 Å². The monoisotopic (exact) mass is 223 g/mol. The van der Waals surface area contributed by atoms with Crippen molar-refractivity contribution in [1.82, 2.24) is 0 Å². The van der Waals surface area contributed by atoms with Crippen LogP contribution < -0.4 is 5.32 Å². The maximum Gasteiger partial charge on any atom is 0.234 e. The van der Waals surface area contributed by atoms with Crippen LogP contribution >= 0.6 is 11.8 Å². The van der Waals surface area contributed by atoms with Crippen molar-refractivity contribution < 1.29 is 9.90 Å². The van der Waals surface area contributed by atoms with Gasteiger partial charge in [-0.15, -0.1) is 18.3 Å². The summed E-state index contributed by atoms with van der Waals surface area (Å²) in [5, 5.41) is 12.0. The summed E-state index contributed by atoms with van der Waals surface area (Å²) in [5.74, 6) is 1.07. The highest BCUT2D eigenvalue weighted by Gasteiger charge is 2.04. The Kier molecular flexibility index (Phi) is 4.77. The maximum absolute atomic E-state index is 11.4. The molecular formula is C11H13NO2S. The van der Waals surface area contributed by atoms with E-state index in [1.54, 1.807) is 24.3 Å². The topological polar surface area (TPSA) is 49.3 Å². The van der Waals surface area contributed by atoms with Crippen LogP contribution in [0.15, 0.2) is 36.9 Å². The number of nitrogens with one attached hydrogen (secondary N) is 1. The molecule has 0 atom stereocenters. The van der Waals surface area contributed by atoms with Gasteiger partial charge in [0.15, 0.2) is 0 Å².